The summed E-state index contributed by atoms with van der Waals surface area (Å²) in [6.45, 7) is -0.324. The zero-order valence-electron chi connectivity index (χ0n) is 11.1. The lowest BCUT2D eigenvalue weighted by molar-refractivity contribution is -0.124. The van der Waals surface area contributed by atoms with E-state index in [0.29, 0.717) is 6.54 Å². The maximum atomic E-state index is 12.4. The average molecular weight is 314 g/mol. The zero-order valence-corrected chi connectivity index (χ0v) is 11.8. The fourth-order valence-corrected chi connectivity index (χ4v) is 2.23. The van der Waals surface area contributed by atoms with Gasteiger partial charge in [-0.15, -0.1) is 0 Å². The van der Waals surface area contributed by atoms with Gasteiger partial charge >= 0.3 is 0 Å². The fraction of sp³-hybridized carbons (Fsp3) is 0.286. The Morgan fingerprint density at radius 1 is 1.38 bits per heavy atom. The van der Waals surface area contributed by atoms with Crippen LogP contribution in [0.15, 0.2) is 41.1 Å². The van der Waals surface area contributed by atoms with Crippen molar-refractivity contribution >= 4 is 23.2 Å². The summed E-state index contributed by atoms with van der Waals surface area (Å²) in [6.07, 6.45) is -2.63. The molecule has 1 heterocycles. The highest BCUT2D eigenvalue weighted by atomic mass is 35.5. The second-order valence-corrected chi connectivity index (χ2v) is 4.96. The van der Waals surface area contributed by atoms with Gasteiger partial charge in [-0.2, -0.15) is 0 Å². The van der Waals surface area contributed by atoms with Crippen molar-refractivity contribution in [1.29, 1.82) is 5.41 Å². The molecule has 0 unspecified atom stereocenters. The standard InChI is InChI=1S/C14H14ClF2N3O/c15-13(19-6-9-4-2-1-3-5-9)10-7-20(8-11(16)17)14(21)12(10)18/h1-5,11,18-19H,6-8H2/b13-10-,18-12?. The van der Waals surface area contributed by atoms with Crippen LogP contribution >= 0.6 is 11.6 Å². The summed E-state index contributed by atoms with van der Waals surface area (Å²) in [5.74, 6) is -0.718. The minimum atomic E-state index is -2.63. The van der Waals surface area contributed by atoms with Gasteiger partial charge in [-0.05, 0) is 5.56 Å². The first-order chi connectivity index (χ1) is 9.99. The molecule has 1 aromatic carbocycles. The molecule has 0 aromatic heterocycles. The van der Waals surface area contributed by atoms with Crippen LogP contribution in [0.4, 0.5) is 8.78 Å². The van der Waals surface area contributed by atoms with Crippen LogP contribution in [-0.2, 0) is 11.3 Å². The van der Waals surface area contributed by atoms with Crippen LogP contribution in [0, 0.1) is 5.41 Å². The van der Waals surface area contributed by atoms with Crippen molar-refractivity contribution in [2.75, 3.05) is 13.1 Å². The Bertz CT molecular complexity index is 575. The predicted octanol–water partition coefficient (Wildman–Crippen LogP) is 2.35. The van der Waals surface area contributed by atoms with E-state index in [2.05, 4.69) is 5.32 Å². The average Bonchev–Trinajstić information content (AvgIpc) is 2.74. The van der Waals surface area contributed by atoms with Crippen LogP contribution in [0.25, 0.3) is 0 Å². The molecule has 1 aromatic rings. The monoisotopic (exact) mass is 313 g/mol. The molecule has 4 nitrogen and oxygen atoms in total. The highest BCUT2D eigenvalue weighted by Gasteiger charge is 2.34. The van der Waals surface area contributed by atoms with Gasteiger partial charge in [0.1, 0.15) is 10.9 Å². The summed E-state index contributed by atoms with van der Waals surface area (Å²) in [5.41, 5.74) is 0.899. The van der Waals surface area contributed by atoms with Crippen molar-refractivity contribution in [3.05, 3.63) is 46.6 Å². The van der Waals surface area contributed by atoms with E-state index in [1.165, 1.54) is 0 Å². The van der Waals surface area contributed by atoms with E-state index < -0.39 is 18.9 Å². The summed E-state index contributed by atoms with van der Waals surface area (Å²) in [6, 6.07) is 9.44. The molecule has 1 aliphatic heterocycles. The van der Waals surface area contributed by atoms with Crippen molar-refractivity contribution in [3.8, 4) is 0 Å². The summed E-state index contributed by atoms with van der Waals surface area (Å²) >= 11 is 6.06. The van der Waals surface area contributed by atoms with Crippen molar-refractivity contribution in [3.63, 3.8) is 0 Å². The molecule has 1 amide bonds. The molecule has 2 rings (SSSR count). The van der Waals surface area contributed by atoms with Gasteiger partial charge in [0.2, 0.25) is 0 Å². The van der Waals surface area contributed by atoms with Crippen LogP contribution in [0.1, 0.15) is 5.56 Å². The Kier molecular flexibility index (Phi) is 4.90. The SMILES string of the molecule is N=C1C(=O)N(CC(F)F)C/C1=C(\Cl)NCc1ccccc1. The first kappa shape index (κ1) is 15.4. The van der Waals surface area contributed by atoms with Crippen LogP contribution in [0.5, 0.6) is 0 Å². The van der Waals surface area contributed by atoms with Gasteiger partial charge in [-0.3, -0.25) is 10.2 Å². The molecular weight excluding hydrogens is 300 g/mol. The first-order valence-corrected chi connectivity index (χ1v) is 6.69. The Morgan fingerprint density at radius 3 is 2.67 bits per heavy atom. The van der Waals surface area contributed by atoms with E-state index in [1.54, 1.807) is 0 Å². The molecule has 0 atom stereocenters. The second-order valence-electron chi connectivity index (χ2n) is 4.58. The topological polar surface area (TPSA) is 56.2 Å². The number of carbonyl (C=O) groups is 1. The molecule has 0 aliphatic carbocycles. The van der Waals surface area contributed by atoms with E-state index in [1.807, 2.05) is 30.3 Å². The third-order valence-corrected chi connectivity index (χ3v) is 3.43. The first-order valence-electron chi connectivity index (χ1n) is 6.32. The van der Waals surface area contributed by atoms with E-state index in [-0.39, 0.29) is 23.0 Å². The quantitative estimate of drug-likeness (QED) is 0.820. The maximum absolute atomic E-state index is 12.4. The van der Waals surface area contributed by atoms with E-state index >= 15 is 0 Å². The number of nitrogens with one attached hydrogen (secondary N) is 2. The molecule has 1 fully saturated rings. The van der Waals surface area contributed by atoms with E-state index in [4.69, 9.17) is 17.0 Å². The molecule has 0 bridgehead atoms. The Morgan fingerprint density at radius 2 is 2.05 bits per heavy atom. The van der Waals surface area contributed by atoms with Gasteiger partial charge in [-0.1, -0.05) is 41.9 Å². The van der Waals surface area contributed by atoms with Crippen LogP contribution in [-0.4, -0.2) is 36.0 Å². The van der Waals surface area contributed by atoms with Crippen molar-refractivity contribution < 1.29 is 13.6 Å². The molecule has 0 saturated carbocycles. The van der Waals surface area contributed by atoms with Gasteiger partial charge in [0.05, 0.1) is 13.1 Å². The second kappa shape index (κ2) is 6.67. The summed E-state index contributed by atoms with van der Waals surface area (Å²) in [5, 5.41) is 10.7. The van der Waals surface area contributed by atoms with Crippen molar-refractivity contribution in [1.82, 2.24) is 10.2 Å². The molecule has 112 valence electrons. The molecular formula is C14H14ClF2N3O. The number of hydrogen-bond donors (Lipinski definition) is 2. The van der Waals surface area contributed by atoms with E-state index in [9.17, 15) is 13.6 Å². The van der Waals surface area contributed by atoms with Gasteiger partial charge in [-0.25, -0.2) is 8.78 Å². The number of alkyl halides is 2. The van der Waals surface area contributed by atoms with Crippen LogP contribution in [0.2, 0.25) is 0 Å². The number of nitrogens with zero attached hydrogens (tertiary/aromatic N) is 1. The van der Waals surface area contributed by atoms with Gasteiger partial charge in [0.15, 0.2) is 0 Å². The number of hydrogen-bond acceptors (Lipinski definition) is 3. The summed E-state index contributed by atoms with van der Waals surface area (Å²) in [7, 11) is 0. The number of likely N-dealkylation sites (tertiary alicyclic amines) is 1. The number of benzene rings is 1. The highest BCUT2D eigenvalue weighted by Crippen LogP contribution is 2.20. The lowest BCUT2D eigenvalue weighted by Gasteiger charge is -2.13. The third kappa shape index (κ3) is 3.78. The number of carbonyl (C=O) groups excluding carboxylic acids is 1. The van der Waals surface area contributed by atoms with Crippen molar-refractivity contribution in [2.24, 2.45) is 0 Å². The zero-order chi connectivity index (χ0) is 15.4. The molecule has 7 heteroatoms. The Balaban J connectivity index is 2.05. The van der Waals surface area contributed by atoms with Gasteiger partial charge in [0, 0.05) is 12.1 Å². The predicted molar refractivity (Wildman–Crippen MR) is 76.5 cm³/mol. The van der Waals surface area contributed by atoms with Crippen LogP contribution in [0.3, 0.4) is 0 Å². The summed E-state index contributed by atoms with van der Waals surface area (Å²) in [4.78, 5) is 12.6. The van der Waals surface area contributed by atoms with Gasteiger partial charge < -0.3 is 10.2 Å². The van der Waals surface area contributed by atoms with Crippen LogP contribution < -0.4 is 5.32 Å². The lowest BCUT2D eigenvalue weighted by atomic mass is 10.2. The number of halogens is 3. The van der Waals surface area contributed by atoms with Gasteiger partial charge in [0.25, 0.3) is 12.3 Å². The highest BCUT2D eigenvalue weighted by molar-refractivity contribution is 6.48. The smallest absolute Gasteiger partial charge is 0.272 e. The number of amides is 1. The third-order valence-electron chi connectivity index (χ3n) is 3.07. The molecule has 21 heavy (non-hydrogen) atoms. The molecule has 0 radical (unpaired) electrons. The Hall–Kier alpha value is -1.95. The molecule has 0 spiro atoms. The molecule has 1 saturated heterocycles. The summed E-state index contributed by atoms with van der Waals surface area (Å²) < 4.78 is 24.7. The largest absolute Gasteiger partial charge is 0.371 e. The minimum absolute atomic E-state index is 0.0668. The van der Waals surface area contributed by atoms with Crippen molar-refractivity contribution in [2.45, 2.75) is 13.0 Å². The Labute approximate surface area is 125 Å². The van der Waals surface area contributed by atoms with E-state index in [0.717, 1.165) is 10.5 Å². The molecule has 2 N–H and O–H groups in total. The lowest BCUT2D eigenvalue weighted by Crippen LogP contribution is -2.31. The molecule has 1 aliphatic rings. The fourth-order valence-electron chi connectivity index (χ4n) is 2.00. The normalized spacial score (nSPS) is 17.6. The minimum Gasteiger partial charge on any atom is -0.371 e. The number of rotatable bonds is 5. The maximum Gasteiger partial charge on any atom is 0.272 e.